The van der Waals surface area contributed by atoms with Crippen LogP contribution in [0, 0.1) is 0 Å². The van der Waals surface area contributed by atoms with Crippen molar-refractivity contribution >= 4 is 33.4 Å². The number of benzene rings is 3. The lowest BCUT2D eigenvalue weighted by Gasteiger charge is -2.11. The first kappa shape index (κ1) is 16.3. The number of nitrogens with zero attached hydrogens (tertiary/aromatic N) is 1. The van der Waals surface area contributed by atoms with Crippen LogP contribution in [0.15, 0.2) is 66.7 Å². The lowest BCUT2D eigenvalue weighted by Crippen LogP contribution is -2.05. The normalized spacial score (nSPS) is 11.2. The van der Waals surface area contributed by atoms with E-state index in [0.717, 1.165) is 21.8 Å². The van der Waals surface area contributed by atoms with Crippen LogP contribution in [0.3, 0.4) is 0 Å². The summed E-state index contributed by atoms with van der Waals surface area (Å²) in [6.45, 7) is 3.77. The predicted octanol–water partition coefficient (Wildman–Crippen LogP) is 5.25. The third kappa shape index (κ3) is 2.62. The summed E-state index contributed by atoms with van der Waals surface area (Å²) in [5.74, 6) is -0.0653. The van der Waals surface area contributed by atoms with Gasteiger partial charge < -0.3 is 4.57 Å². The minimum atomic E-state index is -0.0331. The Bertz CT molecular complexity index is 1150. The first-order valence-electron chi connectivity index (χ1n) is 8.67. The van der Waals surface area contributed by atoms with Gasteiger partial charge >= 0.3 is 0 Å². The summed E-state index contributed by atoms with van der Waals surface area (Å²) >= 11 is 0. The summed E-state index contributed by atoms with van der Waals surface area (Å²) in [6.07, 6.45) is 0. The van der Waals surface area contributed by atoms with Crippen molar-refractivity contribution < 1.29 is 9.59 Å². The minimum absolute atomic E-state index is 0.0322. The highest BCUT2D eigenvalue weighted by molar-refractivity contribution is 6.18. The largest absolute Gasteiger partial charge is 0.335 e. The Hall–Kier alpha value is -3.20. The molecule has 0 bridgehead atoms. The van der Waals surface area contributed by atoms with Crippen LogP contribution in [0.1, 0.15) is 40.1 Å². The van der Waals surface area contributed by atoms with E-state index in [-0.39, 0.29) is 11.6 Å². The number of carbonyl (C=O) groups excluding carboxylic acids is 2. The van der Waals surface area contributed by atoms with Crippen molar-refractivity contribution in [3.8, 4) is 0 Å². The van der Waals surface area contributed by atoms with Crippen LogP contribution in [0.2, 0.25) is 0 Å². The first-order valence-corrected chi connectivity index (χ1v) is 8.67. The molecule has 0 fully saturated rings. The molecular formula is C23H19NO2. The number of fused-ring (bicyclic) bond motifs is 3. The van der Waals surface area contributed by atoms with E-state index < -0.39 is 0 Å². The van der Waals surface area contributed by atoms with Gasteiger partial charge in [-0.1, -0.05) is 48.5 Å². The average molecular weight is 341 g/mol. The first-order chi connectivity index (χ1) is 12.6. The molecule has 3 nitrogen and oxygen atoms in total. The summed E-state index contributed by atoms with van der Waals surface area (Å²) in [5.41, 5.74) is 4.30. The zero-order valence-corrected chi connectivity index (χ0v) is 14.8. The molecule has 0 N–H and O–H groups in total. The van der Waals surface area contributed by atoms with Crippen LogP contribution in [0.4, 0.5) is 0 Å². The van der Waals surface area contributed by atoms with Gasteiger partial charge in [0.1, 0.15) is 0 Å². The molecule has 0 aliphatic carbocycles. The Labute approximate surface area is 151 Å². The van der Waals surface area contributed by atoms with E-state index in [2.05, 4.69) is 22.8 Å². The Morgan fingerprint density at radius 3 is 2.19 bits per heavy atom. The molecule has 0 saturated carbocycles. The number of carbonyl (C=O) groups is 2. The smallest absolute Gasteiger partial charge is 0.161 e. The second-order valence-corrected chi connectivity index (χ2v) is 6.62. The molecule has 4 aromatic rings. The number of hydrogen-bond acceptors (Lipinski definition) is 2. The zero-order valence-electron chi connectivity index (χ0n) is 14.8. The summed E-state index contributed by atoms with van der Waals surface area (Å²) in [7, 11) is 0. The van der Waals surface area contributed by atoms with E-state index in [9.17, 15) is 9.59 Å². The van der Waals surface area contributed by atoms with E-state index in [4.69, 9.17) is 0 Å². The van der Waals surface area contributed by atoms with Crippen molar-refractivity contribution in [2.45, 2.75) is 20.4 Å². The maximum Gasteiger partial charge on any atom is 0.161 e. The molecule has 0 atom stereocenters. The van der Waals surface area contributed by atoms with Gasteiger partial charge in [-0.25, -0.2) is 0 Å². The Kier molecular flexibility index (Phi) is 3.92. The molecule has 0 saturated heterocycles. The van der Waals surface area contributed by atoms with Crippen LogP contribution >= 0.6 is 0 Å². The predicted molar refractivity (Wildman–Crippen MR) is 105 cm³/mol. The second kappa shape index (κ2) is 6.26. The molecule has 26 heavy (non-hydrogen) atoms. The Morgan fingerprint density at radius 2 is 1.50 bits per heavy atom. The third-order valence-electron chi connectivity index (χ3n) is 4.83. The lowest BCUT2D eigenvalue weighted by atomic mass is 10.0. The van der Waals surface area contributed by atoms with E-state index in [1.165, 1.54) is 12.5 Å². The number of rotatable bonds is 4. The SMILES string of the molecule is CC(=O)c1cc(C(C)=O)c2c(c1)c1ccccc1n2Cc1ccccc1. The average Bonchev–Trinajstić information content (AvgIpc) is 2.96. The van der Waals surface area contributed by atoms with Gasteiger partial charge in [0, 0.05) is 34.0 Å². The van der Waals surface area contributed by atoms with Gasteiger partial charge in [-0.3, -0.25) is 9.59 Å². The van der Waals surface area contributed by atoms with Crippen molar-refractivity contribution in [2.24, 2.45) is 0 Å². The zero-order chi connectivity index (χ0) is 18.3. The summed E-state index contributed by atoms with van der Waals surface area (Å²) in [4.78, 5) is 24.4. The van der Waals surface area contributed by atoms with Crippen molar-refractivity contribution in [1.82, 2.24) is 4.57 Å². The van der Waals surface area contributed by atoms with Gasteiger partial charge in [0.05, 0.1) is 5.52 Å². The highest BCUT2D eigenvalue weighted by Crippen LogP contribution is 2.33. The maximum atomic E-state index is 12.4. The maximum absolute atomic E-state index is 12.4. The van der Waals surface area contributed by atoms with Crippen LogP contribution in [-0.2, 0) is 6.54 Å². The molecule has 0 amide bonds. The number of para-hydroxylation sites is 1. The molecule has 0 aliphatic heterocycles. The molecule has 3 heteroatoms. The van der Waals surface area contributed by atoms with Crippen molar-refractivity contribution in [2.75, 3.05) is 0 Å². The van der Waals surface area contributed by atoms with Crippen LogP contribution in [0.25, 0.3) is 21.8 Å². The quantitative estimate of drug-likeness (QED) is 0.476. The van der Waals surface area contributed by atoms with Gasteiger partial charge in [0.2, 0.25) is 0 Å². The number of ketones is 2. The number of aromatic nitrogens is 1. The van der Waals surface area contributed by atoms with Gasteiger partial charge in [-0.15, -0.1) is 0 Å². The van der Waals surface area contributed by atoms with Gasteiger partial charge in [0.15, 0.2) is 11.6 Å². The van der Waals surface area contributed by atoms with Crippen molar-refractivity contribution in [3.63, 3.8) is 0 Å². The number of hydrogen-bond donors (Lipinski definition) is 0. The molecule has 0 spiro atoms. The molecular weight excluding hydrogens is 322 g/mol. The molecule has 0 radical (unpaired) electrons. The van der Waals surface area contributed by atoms with E-state index in [1.54, 1.807) is 13.0 Å². The standard InChI is InChI=1S/C23H19NO2/c1-15(25)18-12-20(16(2)26)23-21(13-18)19-10-6-7-11-22(19)24(23)14-17-8-4-3-5-9-17/h3-13H,14H2,1-2H3. The van der Waals surface area contributed by atoms with Gasteiger partial charge in [-0.05, 0) is 37.6 Å². The molecule has 3 aromatic carbocycles. The molecule has 4 rings (SSSR count). The number of Topliss-reactive ketones (excluding diaryl/α,β-unsaturated/α-hetero) is 2. The Balaban J connectivity index is 2.11. The van der Waals surface area contributed by atoms with E-state index in [0.29, 0.717) is 17.7 Å². The van der Waals surface area contributed by atoms with Gasteiger partial charge in [0.25, 0.3) is 0 Å². The fourth-order valence-electron chi connectivity index (χ4n) is 3.59. The monoisotopic (exact) mass is 341 g/mol. The van der Waals surface area contributed by atoms with Crippen molar-refractivity contribution in [3.05, 3.63) is 83.4 Å². The Morgan fingerprint density at radius 1 is 0.808 bits per heavy atom. The highest BCUT2D eigenvalue weighted by Gasteiger charge is 2.18. The fraction of sp³-hybridized carbons (Fsp3) is 0.130. The minimum Gasteiger partial charge on any atom is -0.335 e. The summed E-state index contributed by atoms with van der Waals surface area (Å²) in [6, 6.07) is 21.9. The molecule has 0 unspecified atom stereocenters. The van der Waals surface area contributed by atoms with Gasteiger partial charge in [-0.2, -0.15) is 0 Å². The molecule has 1 aromatic heterocycles. The summed E-state index contributed by atoms with van der Waals surface area (Å²) in [5, 5.41) is 2.01. The highest BCUT2D eigenvalue weighted by atomic mass is 16.1. The van der Waals surface area contributed by atoms with E-state index in [1.807, 2.05) is 42.5 Å². The fourth-order valence-corrected chi connectivity index (χ4v) is 3.59. The van der Waals surface area contributed by atoms with E-state index >= 15 is 0 Å². The lowest BCUT2D eigenvalue weighted by molar-refractivity contribution is 0.101. The molecule has 1 heterocycles. The molecule has 0 aliphatic rings. The topological polar surface area (TPSA) is 39.1 Å². The third-order valence-corrected chi connectivity index (χ3v) is 4.83. The van der Waals surface area contributed by atoms with Crippen LogP contribution in [0.5, 0.6) is 0 Å². The summed E-state index contributed by atoms with van der Waals surface area (Å²) < 4.78 is 2.18. The van der Waals surface area contributed by atoms with Crippen molar-refractivity contribution in [1.29, 1.82) is 0 Å². The van der Waals surface area contributed by atoms with Crippen LogP contribution < -0.4 is 0 Å². The van der Waals surface area contributed by atoms with Crippen LogP contribution in [-0.4, -0.2) is 16.1 Å². The molecule has 128 valence electrons. The second-order valence-electron chi connectivity index (χ2n) is 6.62.